The molecule has 82 valence electrons. The number of ketones is 1. The smallest absolute Gasteiger partial charge is 0.187 e. The zero-order valence-corrected chi connectivity index (χ0v) is 10.0. The minimum Gasteiger partial charge on any atom is -0.292 e. The van der Waals surface area contributed by atoms with E-state index in [1.807, 2.05) is 31.4 Å². The number of carbonyl (C=O) groups excluding carboxylic acids is 1. The Morgan fingerprint density at radius 3 is 2.69 bits per heavy atom. The van der Waals surface area contributed by atoms with Crippen LogP contribution >= 0.6 is 11.3 Å². The van der Waals surface area contributed by atoms with Gasteiger partial charge in [0.05, 0.1) is 6.42 Å². The molecule has 3 nitrogen and oxygen atoms in total. The Balaban J connectivity index is 2.14. The summed E-state index contributed by atoms with van der Waals surface area (Å²) >= 11 is 1.52. The summed E-state index contributed by atoms with van der Waals surface area (Å²) in [5.41, 5.74) is 2.35. The van der Waals surface area contributed by atoms with Gasteiger partial charge in [-0.1, -0.05) is 6.07 Å². The fraction of sp³-hybridized carbons (Fsp3) is 0.250. The molecule has 0 atom stereocenters. The van der Waals surface area contributed by atoms with E-state index < -0.39 is 0 Å². The molecule has 2 aromatic heterocycles. The van der Waals surface area contributed by atoms with Crippen molar-refractivity contribution in [1.29, 1.82) is 0 Å². The fourth-order valence-electron chi connectivity index (χ4n) is 1.41. The number of pyridine rings is 1. The van der Waals surface area contributed by atoms with Gasteiger partial charge in [0.2, 0.25) is 0 Å². The Labute approximate surface area is 98.2 Å². The monoisotopic (exact) mass is 232 g/mol. The summed E-state index contributed by atoms with van der Waals surface area (Å²) < 4.78 is 0. The number of hydrogen-bond donors (Lipinski definition) is 0. The van der Waals surface area contributed by atoms with E-state index in [1.54, 1.807) is 6.07 Å². The molecule has 0 unspecified atom stereocenters. The summed E-state index contributed by atoms with van der Waals surface area (Å²) in [4.78, 5) is 20.4. The van der Waals surface area contributed by atoms with E-state index >= 15 is 0 Å². The maximum Gasteiger partial charge on any atom is 0.187 e. The maximum absolute atomic E-state index is 11.9. The van der Waals surface area contributed by atoms with Crippen LogP contribution in [0, 0.1) is 13.8 Å². The highest BCUT2D eigenvalue weighted by Crippen LogP contribution is 2.11. The topological polar surface area (TPSA) is 42.9 Å². The lowest BCUT2D eigenvalue weighted by Gasteiger charge is -1.98. The van der Waals surface area contributed by atoms with E-state index in [9.17, 15) is 4.79 Å². The quantitative estimate of drug-likeness (QED) is 0.764. The highest BCUT2D eigenvalue weighted by molar-refractivity contribution is 7.09. The van der Waals surface area contributed by atoms with Gasteiger partial charge >= 0.3 is 0 Å². The SMILES string of the molecule is Cc1cccc(C(=O)Cc2nc(C)cs2)n1. The van der Waals surface area contributed by atoms with Gasteiger partial charge in [0.15, 0.2) is 5.78 Å². The molecule has 0 saturated carbocycles. The van der Waals surface area contributed by atoms with Crippen LogP contribution in [-0.2, 0) is 6.42 Å². The van der Waals surface area contributed by atoms with Crippen molar-refractivity contribution in [3.8, 4) is 0 Å². The first-order chi connectivity index (χ1) is 7.65. The lowest BCUT2D eigenvalue weighted by molar-refractivity contribution is 0.0988. The van der Waals surface area contributed by atoms with Gasteiger partial charge in [0, 0.05) is 16.8 Å². The standard InChI is InChI=1S/C12H12N2OS/c1-8-4-3-5-10(13-8)11(15)6-12-14-9(2)7-16-12/h3-5,7H,6H2,1-2H3. The molecule has 4 heteroatoms. The summed E-state index contributed by atoms with van der Waals surface area (Å²) in [6, 6.07) is 5.47. The van der Waals surface area contributed by atoms with E-state index in [-0.39, 0.29) is 5.78 Å². The molecule has 0 aliphatic heterocycles. The van der Waals surface area contributed by atoms with Crippen molar-refractivity contribution < 1.29 is 4.79 Å². The highest BCUT2D eigenvalue weighted by Gasteiger charge is 2.10. The van der Waals surface area contributed by atoms with Gasteiger partial charge in [-0.3, -0.25) is 9.78 Å². The average Bonchev–Trinajstić information content (AvgIpc) is 2.64. The number of nitrogens with zero attached hydrogens (tertiary/aromatic N) is 2. The molecule has 0 aliphatic rings. The van der Waals surface area contributed by atoms with Crippen molar-refractivity contribution in [2.45, 2.75) is 20.3 Å². The van der Waals surface area contributed by atoms with Crippen LogP contribution in [0.3, 0.4) is 0 Å². The predicted octanol–water partition coefficient (Wildman–Crippen LogP) is 2.58. The van der Waals surface area contributed by atoms with Crippen LogP contribution in [0.1, 0.15) is 26.9 Å². The molecule has 2 aromatic rings. The van der Waals surface area contributed by atoms with Gasteiger partial charge in [-0.2, -0.15) is 0 Å². The molecule has 0 bridgehead atoms. The van der Waals surface area contributed by atoms with E-state index in [1.165, 1.54) is 11.3 Å². The molecular weight excluding hydrogens is 220 g/mol. The van der Waals surface area contributed by atoms with E-state index in [4.69, 9.17) is 0 Å². The van der Waals surface area contributed by atoms with Gasteiger partial charge in [-0.15, -0.1) is 11.3 Å². The normalized spacial score (nSPS) is 10.4. The Kier molecular flexibility index (Phi) is 3.10. The molecule has 0 aromatic carbocycles. The summed E-state index contributed by atoms with van der Waals surface area (Å²) in [7, 11) is 0. The van der Waals surface area contributed by atoms with Crippen molar-refractivity contribution in [2.24, 2.45) is 0 Å². The molecular formula is C12H12N2OS. The Bertz CT molecular complexity index is 519. The minimum atomic E-state index is 0.0260. The second-order valence-electron chi connectivity index (χ2n) is 3.65. The molecule has 0 aliphatic carbocycles. The lowest BCUT2D eigenvalue weighted by atomic mass is 10.2. The zero-order valence-electron chi connectivity index (χ0n) is 9.23. The molecule has 0 fully saturated rings. The summed E-state index contributed by atoms with van der Waals surface area (Å²) in [5.74, 6) is 0.0260. The lowest BCUT2D eigenvalue weighted by Crippen LogP contribution is -2.06. The number of rotatable bonds is 3. The largest absolute Gasteiger partial charge is 0.292 e. The third kappa shape index (κ3) is 2.52. The van der Waals surface area contributed by atoms with Crippen molar-refractivity contribution in [1.82, 2.24) is 9.97 Å². The average molecular weight is 232 g/mol. The first-order valence-electron chi connectivity index (χ1n) is 5.03. The second-order valence-corrected chi connectivity index (χ2v) is 4.59. The number of carbonyl (C=O) groups is 1. The van der Waals surface area contributed by atoms with Gasteiger partial charge in [0.1, 0.15) is 10.7 Å². The third-order valence-corrected chi connectivity index (χ3v) is 3.12. The van der Waals surface area contributed by atoms with Gasteiger partial charge in [-0.05, 0) is 26.0 Å². The van der Waals surface area contributed by atoms with Crippen molar-refractivity contribution >= 4 is 17.1 Å². The molecule has 0 radical (unpaired) electrons. The number of thiazole rings is 1. The predicted molar refractivity (Wildman–Crippen MR) is 63.9 cm³/mol. The molecule has 0 N–H and O–H groups in total. The first-order valence-corrected chi connectivity index (χ1v) is 5.91. The van der Waals surface area contributed by atoms with E-state index in [2.05, 4.69) is 9.97 Å². The molecule has 16 heavy (non-hydrogen) atoms. The Morgan fingerprint density at radius 1 is 1.25 bits per heavy atom. The summed E-state index contributed by atoms with van der Waals surface area (Å²) in [6.07, 6.45) is 0.342. The van der Waals surface area contributed by atoms with Crippen LogP contribution in [0.5, 0.6) is 0 Å². The van der Waals surface area contributed by atoms with Crippen LogP contribution < -0.4 is 0 Å². The molecule has 0 amide bonds. The van der Waals surface area contributed by atoms with Gasteiger partial charge in [-0.25, -0.2) is 4.98 Å². The van der Waals surface area contributed by atoms with Crippen molar-refractivity contribution in [3.05, 3.63) is 45.7 Å². The van der Waals surface area contributed by atoms with Crippen LogP contribution in [-0.4, -0.2) is 15.8 Å². The van der Waals surface area contributed by atoms with Crippen LogP contribution in [0.25, 0.3) is 0 Å². The highest BCUT2D eigenvalue weighted by atomic mass is 32.1. The van der Waals surface area contributed by atoms with E-state index in [0.717, 1.165) is 16.4 Å². The van der Waals surface area contributed by atoms with Crippen LogP contribution in [0.2, 0.25) is 0 Å². The Morgan fingerprint density at radius 2 is 2.06 bits per heavy atom. The molecule has 2 heterocycles. The van der Waals surface area contributed by atoms with Crippen molar-refractivity contribution in [2.75, 3.05) is 0 Å². The van der Waals surface area contributed by atoms with E-state index in [0.29, 0.717) is 12.1 Å². The van der Waals surface area contributed by atoms with Gasteiger partial charge < -0.3 is 0 Å². The van der Waals surface area contributed by atoms with Crippen LogP contribution in [0.15, 0.2) is 23.6 Å². The molecule has 0 spiro atoms. The minimum absolute atomic E-state index is 0.0260. The summed E-state index contributed by atoms with van der Waals surface area (Å²) in [6.45, 7) is 3.81. The first kappa shape index (κ1) is 11.0. The molecule has 2 rings (SSSR count). The molecule has 0 saturated heterocycles. The number of hydrogen-bond acceptors (Lipinski definition) is 4. The second kappa shape index (κ2) is 4.53. The zero-order chi connectivity index (χ0) is 11.5. The number of Topliss-reactive ketones (excluding diaryl/α,β-unsaturated/α-hetero) is 1. The Hall–Kier alpha value is -1.55. The fourth-order valence-corrected chi connectivity index (χ4v) is 2.18. The van der Waals surface area contributed by atoms with Gasteiger partial charge in [0.25, 0.3) is 0 Å². The van der Waals surface area contributed by atoms with Crippen LogP contribution in [0.4, 0.5) is 0 Å². The van der Waals surface area contributed by atoms with Crippen molar-refractivity contribution in [3.63, 3.8) is 0 Å². The third-order valence-electron chi connectivity index (χ3n) is 2.15. The number of aromatic nitrogens is 2. The summed E-state index contributed by atoms with van der Waals surface area (Å²) in [5, 5.41) is 2.80. The maximum atomic E-state index is 11.9. The number of aryl methyl sites for hydroxylation is 2.